The maximum Gasteiger partial charge on any atom is 0.343 e. The summed E-state index contributed by atoms with van der Waals surface area (Å²) in [5.74, 6) is -0.478. The van der Waals surface area contributed by atoms with E-state index in [0.29, 0.717) is 13.1 Å². The molecule has 210 valence electrons. The van der Waals surface area contributed by atoms with Crippen molar-refractivity contribution in [2.24, 2.45) is 0 Å². The molecule has 2 aromatic carbocycles. The number of rotatable bonds is 19. The van der Waals surface area contributed by atoms with Crippen molar-refractivity contribution in [2.45, 2.75) is 95.8 Å². The number of hydrogen-bond acceptors (Lipinski definition) is 6. The molecule has 0 saturated carbocycles. The molecule has 0 heterocycles. The minimum Gasteiger partial charge on any atom is -0.423 e. The lowest BCUT2D eigenvalue weighted by atomic mass is 10.1. The summed E-state index contributed by atoms with van der Waals surface area (Å²) in [6.07, 6.45) is 13.1. The third-order valence-electron chi connectivity index (χ3n) is 6.51. The molecule has 0 atom stereocenters. The molecule has 0 bridgehead atoms. The second-order valence-electron chi connectivity index (χ2n) is 9.60. The van der Waals surface area contributed by atoms with Crippen LogP contribution in [0.5, 0.6) is 5.75 Å². The zero-order valence-electron chi connectivity index (χ0n) is 22.8. The predicted octanol–water partition coefficient (Wildman–Crippen LogP) is 7.53. The number of esters is 1. The van der Waals surface area contributed by atoms with E-state index in [-0.39, 0.29) is 21.9 Å². The number of nitrogens with zero attached hydrogens (tertiary/aromatic N) is 2. The number of nitro groups is 1. The summed E-state index contributed by atoms with van der Waals surface area (Å²) in [6, 6.07) is 11.0. The molecule has 2 rings (SSSR count). The van der Waals surface area contributed by atoms with Crippen molar-refractivity contribution in [3.05, 3.63) is 64.2 Å². The fraction of sp³-hybridized carbons (Fsp3) is 0.552. The molecule has 0 N–H and O–H groups in total. The first-order valence-electron chi connectivity index (χ1n) is 13.9. The molecule has 0 amide bonds. The van der Waals surface area contributed by atoms with Crippen LogP contribution in [0.4, 0.5) is 5.69 Å². The topological polar surface area (TPSA) is 107 Å². The van der Waals surface area contributed by atoms with Gasteiger partial charge >= 0.3 is 5.97 Å². The van der Waals surface area contributed by atoms with E-state index in [1.807, 2.05) is 0 Å². The van der Waals surface area contributed by atoms with E-state index in [0.717, 1.165) is 38.5 Å². The van der Waals surface area contributed by atoms with Crippen molar-refractivity contribution < 1.29 is 22.9 Å². The monoisotopic (exact) mass is 546 g/mol. The van der Waals surface area contributed by atoms with Gasteiger partial charge in [-0.05, 0) is 49.2 Å². The lowest BCUT2D eigenvalue weighted by molar-refractivity contribution is -0.384. The van der Waals surface area contributed by atoms with Crippen LogP contribution in [-0.4, -0.2) is 36.7 Å². The molecule has 0 spiro atoms. The van der Waals surface area contributed by atoms with Gasteiger partial charge < -0.3 is 4.74 Å². The SMILES string of the molecule is CCCCCCCCN(CCCCCCCC)S(=O)(=O)c1ccc(OC(=O)c2ccc([N+](=O)[O-])cc2)cc1. The number of non-ortho nitro benzene ring substituents is 1. The Hall–Kier alpha value is -2.78. The number of hydrogen-bond donors (Lipinski definition) is 0. The average molecular weight is 547 g/mol. The number of carbonyl (C=O) groups excluding carboxylic acids is 1. The van der Waals surface area contributed by atoms with Crippen molar-refractivity contribution in [3.8, 4) is 5.75 Å². The maximum absolute atomic E-state index is 13.5. The Kier molecular flexibility index (Phi) is 14.0. The van der Waals surface area contributed by atoms with Crippen LogP contribution in [0.3, 0.4) is 0 Å². The summed E-state index contributed by atoms with van der Waals surface area (Å²) in [4.78, 5) is 22.8. The molecule has 0 aliphatic rings. The van der Waals surface area contributed by atoms with Crippen LogP contribution >= 0.6 is 0 Å². The van der Waals surface area contributed by atoms with Gasteiger partial charge in [-0.25, -0.2) is 13.2 Å². The first-order chi connectivity index (χ1) is 18.3. The van der Waals surface area contributed by atoms with Gasteiger partial charge in [0.05, 0.1) is 15.4 Å². The molecule has 0 aliphatic carbocycles. The first kappa shape index (κ1) is 31.4. The Bertz CT molecular complexity index is 1070. The van der Waals surface area contributed by atoms with E-state index in [4.69, 9.17) is 4.74 Å². The zero-order valence-corrected chi connectivity index (χ0v) is 23.6. The third-order valence-corrected chi connectivity index (χ3v) is 8.42. The van der Waals surface area contributed by atoms with Crippen molar-refractivity contribution in [3.63, 3.8) is 0 Å². The third kappa shape index (κ3) is 10.5. The zero-order chi connectivity index (χ0) is 27.8. The van der Waals surface area contributed by atoms with Crippen LogP contribution in [0.15, 0.2) is 53.4 Å². The van der Waals surface area contributed by atoms with Crippen LogP contribution in [0, 0.1) is 10.1 Å². The highest BCUT2D eigenvalue weighted by atomic mass is 32.2. The van der Waals surface area contributed by atoms with E-state index in [1.54, 1.807) is 4.31 Å². The van der Waals surface area contributed by atoms with Crippen LogP contribution in [0.2, 0.25) is 0 Å². The molecule has 8 nitrogen and oxygen atoms in total. The fourth-order valence-electron chi connectivity index (χ4n) is 4.20. The van der Waals surface area contributed by atoms with Crippen molar-refractivity contribution in [1.29, 1.82) is 0 Å². The summed E-state index contributed by atoms with van der Waals surface area (Å²) in [7, 11) is -3.68. The fourth-order valence-corrected chi connectivity index (χ4v) is 5.72. The smallest absolute Gasteiger partial charge is 0.343 e. The van der Waals surface area contributed by atoms with E-state index < -0.39 is 20.9 Å². The molecule has 0 aromatic heterocycles. The van der Waals surface area contributed by atoms with E-state index in [9.17, 15) is 23.3 Å². The molecular weight excluding hydrogens is 504 g/mol. The van der Waals surface area contributed by atoms with Crippen molar-refractivity contribution in [2.75, 3.05) is 13.1 Å². The summed E-state index contributed by atoms with van der Waals surface area (Å²) >= 11 is 0. The summed E-state index contributed by atoms with van der Waals surface area (Å²) in [5.41, 5.74) is 0.0407. The first-order valence-corrected chi connectivity index (χ1v) is 15.3. The Morgan fingerprint density at radius 3 is 1.71 bits per heavy atom. The molecule has 0 radical (unpaired) electrons. The summed E-state index contributed by atoms with van der Waals surface area (Å²) in [6.45, 7) is 5.36. The normalized spacial score (nSPS) is 11.6. The van der Waals surface area contributed by atoms with Gasteiger partial charge in [-0.2, -0.15) is 4.31 Å². The summed E-state index contributed by atoms with van der Waals surface area (Å²) in [5, 5.41) is 10.8. The highest BCUT2D eigenvalue weighted by Gasteiger charge is 2.24. The van der Waals surface area contributed by atoms with E-state index >= 15 is 0 Å². The molecule has 38 heavy (non-hydrogen) atoms. The van der Waals surface area contributed by atoms with Gasteiger partial charge in [-0.1, -0.05) is 78.1 Å². The summed E-state index contributed by atoms with van der Waals surface area (Å²) < 4.78 is 33.9. The minimum absolute atomic E-state index is 0.123. The molecular formula is C29H42N2O6S. The molecule has 0 unspecified atom stereocenters. The number of carbonyl (C=O) groups is 1. The van der Waals surface area contributed by atoms with Gasteiger partial charge in [0.1, 0.15) is 5.75 Å². The number of sulfonamides is 1. The molecule has 2 aromatic rings. The highest BCUT2D eigenvalue weighted by Crippen LogP contribution is 2.22. The Morgan fingerprint density at radius 1 is 0.763 bits per heavy atom. The predicted molar refractivity (Wildman–Crippen MR) is 150 cm³/mol. The Labute approximate surface area is 227 Å². The van der Waals surface area contributed by atoms with Crippen LogP contribution in [0.1, 0.15) is 101 Å². The van der Waals surface area contributed by atoms with Crippen LogP contribution < -0.4 is 4.74 Å². The van der Waals surface area contributed by atoms with Crippen molar-refractivity contribution >= 4 is 21.7 Å². The minimum atomic E-state index is -3.68. The second-order valence-corrected chi connectivity index (χ2v) is 11.5. The number of benzene rings is 2. The van der Waals surface area contributed by atoms with E-state index in [2.05, 4.69) is 13.8 Å². The van der Waals surface area contributed by atoms with Crippen LogP contribution in [0.25, 0.3) is 0 Å². The quantitative estimate of drug-likeness (QED) is 0.0593. The van der Waals surface area contributed by atoms with Gasteiger partial charge in [0.15, 0.2) is 0 Å². The van der Waals surface area contributed by atoms with Crippen molar-refractivity contribution in [1.82, 2.24) is 4.31 Å². The molecule has 0 fully saturated rings. The van der Waals surface area contributed by atoms with E-state index in [1.165, 1.54) is 87.1 Å². The molecule has 9 heteroatoms. The Morgan fingerprint density at radius 2 is 1.24 bits per heavy atom. The average Bonchev–Trinajstić information content (AvgIpc) is 2.91. The Balaban J connectivity index is 2.02. The largest absolute Gasteiger partial charge is 0.423 e. The van der Waals surface area contributed by atoms with Gasteiger partial charge in [-0.15, -0.1) is 0 Å². The standard InChI is InChI=1S/C29H42N2O6S/c1-3-5-7-9-11-13-23-30(24-14-12-10-8-6-4-2)38(35,36)28-21-19-27(20-22-28)37-29(32)25-15-17-26(18-16-25)31(33)34/h15-22H,3-14,23-24H2,1-2H3. The molecule has 0 aliphatic heterocycles. The number of unbranched alkanes of at least 4 members (excludes halogenated alkanes) is 10. The van der Waals surface area contributed by atoms with Gasteiger partial charge in [0.25, 0.3) is 5.69 Å². The van der Waals surface area contributed by atoms with Gasteiger partial charge in [0, 0.05) is 25.2 Å². The number of nitro benzene ring substituents is 1. The van der Waals surface area contributed by atoms with Crippen LogP contribution in [-0.2, 0) is 10.0 Å². The van der Waals surface area contributed by atoms with Gasteiger partial charge in [-0.3, -0.25) is 10.1 Å². The highest BCUT2D eigenvalue weighted by molar-refractivity contribution is 7.89. The molecule has 0 saturated heterocycles. The second kappa shape index (κ2) is 16.9. The maximum atomic E-state index is 13.5. The van der Waals surface area contributed by atoms with Gasteiger partial charge in [0.2, 0.25) is 10.0 Å². The lowest BCUT2D eigenvalue weighted by Gasteiger charge is -2.22. The lowest BCUT2D eigenvalue weighted by Crippen LogP contribution is -2.33. The number of ether oxygens (including phenoxy) is 1.